The Balaban J connectivity index is 1.37. The number of amides is 1. The van der Waals surface area contributed by atoms with Gasteiger partial charge in [-0.05, 0) is 61.3 Å². The third kappa shape index (κ3) is 5.94. The molecular formula is C21H24ClFN2O2. The Kier molecular flexibility index (Phi) is 7.07. The maximum absolute atomic E-state index is 12.8. The Morgan fingerprint density at radius 1 is 1.19 bits per heavy atom. The number of rotatable bonds is 9. The first kappa shape index (κ1) is 19.6. The molecule has 1 atom stereocenters. The molecular weight excluding hydrogens is 367 g/mol. The van der Waals surface area contributed by atoms with Crippen LogP contribution in [0.5, 0.6) is 5.75 Å². The lowest BCUT2D eigenvalue weighted by atomic mass is 10.1. The SMILES string of the molecule is O=C1CCC(CCNCCOc2ccc(F)cc2)N1Cc1cccc(Cl)c1. The minimum Gasteiger partial charge on any atom is -0.492 e. The number of nitrogens with one attached hydrogen (secondary N) is 1. The van der Waals surface area contributed by atoms with Gasteiger partial charge in [0, 0.05) is 30.6 Å². The zero-order valence-electron chi connectivity index (χ0n) is 15.2. The van der Waals surface area contributed by atoms with Crippen molar-refractivity contribution in [3.8, 4) is 5.75 Å². The molecule has 27 heavy (non-hydrogen) atoms. The number of halogens is 2. The molecule has 1 aliphatic rings. The lowest BCUT2D eigenvalue weighted by molar-refractivity contribution is -0.129. The second-order valence-corrected chi connectivity index (χ2v) is 7.12. The van der Waals surface area contributed by atoms with Crippen molar-refractivity contribution in [1.29, 1.82) is 0 Å². The van der Waals surface area contributed by atoms with Crippen molar-refractivity contribution in [1.82, 2.24) is 10.2 Å². The summed E-state index contributed by atoms with van der Waals surface area (Å²) in [5, 5.41) is 4.04. The minimum absolute atomic E-state index is 0.208. The van der Waals surface area contributed by atoms with Gasteiger partial charge in [0.2, 0.25) is 5.91 Å². The fraction of sp³-hybridized carbons (Fsp3) is 0.381. The van der Waals surface area contributed by atoms with Crippen LogP contribution in [0.25, 0.3) is 0 Å². The zero-order chi connectivity index (χ0) is 19.1. The summed E-state index contributed by atoms with van der Waals surface area (Å²) in [5.41, 5.74) is 1.06. The van der Waals surface area contributed by atoms with E-state index in [-0.39, 0.29) is 17.8 Å². The van der Waals surface area contributed by atoms with E-state index in [9.17, 15) is 9.18 Å². The largest absolute Gasteiger partial charge is 0.492 e. The third-order valence-electron chi connectivity index (χ3n) is 4.71. The lowest BCUT2D eigenvalue weighted by Crippen LogP contribution is -2.35. The second-order valence-electron chi connectivity index (χ2n) is 6.69. The molecule has 0 radical (unpaired) electrons. The summed E-state index contributed by atoms with van der Waals surface area (Å²) >= 11 is 6.04. The molecule has 6 heteroatoms. The molecule has 1 aliphatic heterocycles. The Labute approximate surface area is 164 Å². The highest BCUT2D eigenvalue weighted by Gasteiger charge is 2.30. The molecule has 1 heterocycles. The summed E-state index contributed by atoms with van der Waals surface area (Å²) in [5.74, 6) is 0.598. The van der Waals surface area contributed by atoms with Crippen molar-refractivity contribution in [3.63, 3.8) is 0 Å². The molecule has 1 amide bonds. The van der Waals surface area contributed by atoms with E-state index in [1.54, 1.807) is 12.1 Å². The lowest BCUT2D eigenvalue weighted by Gasteiger charge is -2.25. The van der Waals surface area contributed by atoms with Gasteiger partial charge in [-0.3, -0.25) is 4.79 Å². The predicted octanol–water partition coefficient (Wildman–Crippen LogP) is 4.03. The van der Waals surface area contributed by atoms with Gasteiger partial charge in [-0.1, -0.05) is 23.7 Å². The number of carbonyl (C=O) groups is 1. The molecule has 1 N–H and O–H groups in total. The number of likely N-dealkylation sites (tertiary alicyclic amines) is 1. The van der Waals surface area contributed by atoms with Gasteiger partial charge in [0.05, 0.1) is 0 Å². The maximum Gasteiger partial charge on any atom is 0.223 e. The topological polar surface area (TPSA) is 41.6 Å². The van der Waals surface area contributed by atoms with E-state index in [4.69, 9.17) is 16.3 Å². The molecule has 0 saturated carbocycles. The van der Waals surface area contributed by atoms with Crippen LogP contribution >= 0.6 is 11.6 Å². The number of nitrogens with zero attached hydrogens (tertiary/aromatic N) is 1. The average Bonchev–Trinajstić information content (AvgIpc) is 2.99. The summed E-state index contributed by atoms with van der Waals surface area (Å²) in [6, 6.07) is 13.9. The summed E-state index contributed by atoms with van der Waals surface area (Å²) in [6.45, 7) is 2.64. The van der Waals surface area contributed by atoms with Crippen LogP contribution in [-0.4, -0.2) is 36.5 Å². The molecule has 1 saturated heterocycles. The molecule has 3 rings (SSSR count). The highest BCUT2D eigenvalue weighted by Crippen LogP contribution is 2.24. The predicted molar refractivity (Wildman–Crippen MR) is 104 cm³/mol. The number of ether oxygens (including phenoxy) is 1. The molecule has 144 valence electrons. The van der Waals surface area contributed by atoms with E-state index < -0.39 is 0 Å². The highest BCUT2D eigenvalue weighted by atomic mass is 35.5. The van der Waals surface area contributed by atoms with E-state index in [1.165, 1.54) is 12.1 Å². The molecule has 2 aromatic carbocycles. The van der Waals surface area contributed by atoms with Crippen LogP contribution in [0, 0.1) is 5.82 Å². The number of benzene rings is 2. The van der Waals surface area contributed by atoms with Crippen LogP contribution in [0.15, 0.2) is 48.5 Å². The molecule has 4 nitrogen and oxygen atoms in total. The quantitative estimate of drug-likeness (QED) is 0.657. The maximum atomic E-state index is 12.8. The summed E-state index contributed by atoms with van der Waals surface area (Å²) in [6.07, 6.45) is 2.41. The zero-order valence-corrected chi connectivity index (χ0v) is 15.9. The van der Waals surface area contributed by atoms with Crippen LogP contribution in [0.3, 0.4) is 0 Å². The molecule has 1 unspecified atom stereocenters. The van der Waals surface area contributed by atoms with Gasteiger partial charge in [0.15, 0.2) is 0 Å². The number of hydrogen-bond donors (Lipinski definition) is 1. The molecule has 0 aliphatic carbocycles. The van der Waals surface area contributed by atoms with Crippen LogP contribution in [0.1, 0.15) is 24.8 Å². The molecule has 0 spiro atoms. The first-order valence-corrected chi connectivity index (χ1v) is 9.62. The fourth-order valence-corrected chi connectivity index (χ4v) is 3.52. The fourth-order valence-electron chi connectivity index (χ4n) is 3.31. The van der Waals surface area contributed by atoms with Gasteiger partial charge in [0.25, 0.3) is 0 Å². The van der Waals surface area contributed by atoms with Crippen molar-refractivity contribution < 1.29 is 13.9 Å². The Hall–Kier alpha value is -2.11. The van der Waals surface area contributed by atoms with E-state index >= 15 is 0 Å². The van der Waals surface area contributed by atoms with E-state index in [0.29, 0.717) is 36.9 Å². The summed E-state index contributed by atoms with van der Waals surface area (Å²) in [4.78, 5) is 14.2. The van der Waals surface area contributed by atoms with Gasteiger partial charge in [-0.2, -0.15) is 0 Å². The normalized spacial score (nSPS) is 16.7. The smallest absolute Gasteiger partial charge is 0.223 e. The molecule has 2 aromatic rings. The van der Waals surface area contributed by atoms with Gasteiger partial charge >= 0.3 is 0 Å². The van der Waals surface area contributed by atoms with Gasteiger partial charge in [0.1, 0.15) is 18.2 Å². The average molecular weight is 391 g/mol. The van der Waals surface area contributed by atoms with E-state index in [2.05, 4.69) is 5.32 Å². The van der Waals surface area contributed by atoms with Crippen LogP contribution in [0.4, 0.5) is 4.39 Å². The summed E-state index contributed by atoms with van der Waals surface area (Å²) in [7, 11) is 0. The van der Waals surface area contributed by atoms with Crippen LogP contribution in [0.2, 0.25) is 5.02 Å². The molecule has 0 bridgehead atoms. The highest BCUT2D eigenvalue weighted by molar-refractivity contribution is 6.30. The second kappa shape index (κ2) is 9.72. The van der Waals surface area contributed by atoms with Crippen LogP contribution < -0.4 is 10.1 Å². The monoisotopic (exact) mass is 390 g/mol. The third-order valence-corrected chi connectivity index (χ3v) is 4.95. The Bertz CT molecular complexity index is 754. The van der Waals surface area contributed by atoms with E-state index in [0.717, 1.165) is 24.9 Å². The molecule has 1 fully saturated rings. The first-order chi connectivity index (χ1) is 13.1. The van der Waals surface area contributed by atoms with Crippen molar-refractivity contribution in [3.05, 3.63) is 64.9 Å². The minimum atomic E-state index is -0.270. The van der Waals surface area contributed by atoms with Gasteiger partial charge in [-0.25, -0.2) is 4.39 Å². The Morgan fingerprint density at radius 2 is 2.00 bits per heavy atom. The van der Waals surface area contributed by atoms with Crippen LogP contribution in [-0.2, 0) is 11.3 Å². The molecule has 0 aromatic heterocycles. The van der Waals surface area contributed by atoms with Crippen molar-refractivity contribution in [2.45, 2.75) is 31.8 Å². The number of carbonyl (C=O) groups excluding carboxylic acids is 1. The Morgan fingerprint density at radius 3 is 2.78 bits per heavy atom. The van der Waals surface area contributed by atoms with E-state index in [1.807, 2.05) is 29.2 Å². The first-order valence-electron chi connectivity index (χ1n) is 9.25. The van der Waals surface area contributed by atoms with Crippen molar-refractivity contribution in [2.75, 3.05) is 19.7 Å². The van der Waals surface area contributed by atoms with Gasteiger partial charge in [-0.15, -0.1) is 0 Å². The number of hydrogen-bond acceptors (Lipinski definition) is 3. The standard InChI is InChI=1S/C21H24ClFN2O2/c22-17-3-1-2-16(14-17)15-25-19(6-9-21(25)26)10-11-24-12-13-27-20-7-4-18(23)5-8-20/h1-5,7-8,14,19,24H,6,9-13,15H2. The summed E-state index contributed by atoms with van der Waals surface area (Å²) < 4.78 is 18.4. The van der Waals surface area contributed by atoms with Crippen molar-refractivity contribution >= 4 is 17.5 Å². The van der Waals surface area contributed by atoms with Crippen molar-refractivity contribution in [2.24, 2.45) is 0 Å². The van der Waals surface area contributed by atoms with Gasteiger partial charge < -0.3 is 15.0 Å².